The van der Waals surface area contributed by atoms with Crippen LogP contribution in [-0.2, 0) is 6.54 Å². The lowest BCUT2D eigenvalue weighted by atomic mass is 10.2. The maximum atomic E-state index is 12.1. The topological polar surface area (TPSA) is 82.2 Å². The summed E-state index contributed by atoms with van der Waals surface area (Å²) in [5.41, 5.74) is 5.88. The van der Waals surface area contributed by atoms with Gasteiger partial charge in [0.1, 0.15) is 5.75 Å². The predicted octanol–water partition coefficient (Wildman–Crippen LogP) is 2.35. The fourth-order valence-electron chi connectivity index (χ4n) is 1.87. The maximum absolute atomic E-state index is 12.1. The van der Waals surface area contributed by atoms with Gasteiger partial charge in [-0.15, -0.1) is 0 Å². The molecule has 3 N–H and O–H groups in total. The molecule has 0 spiro atoms. The molecule has 2 rings (SSSR count). The highest BCUT2D eigenvalue weighted by molar-refractivity contribution is 6.32. The average Bonchev–Trinajstić information content (AvgIpc) is 2.94. The van der Waals surface area contributed by atoms with Gasteiger partial charge >= 0.3 is 0 Å². The molecule has 0 aliphatic rings. The second-order valence-corrected chi connectivity index (χ2v) is 5.66. The van der Waals surface area contributed by atoms with Crippen molar-refractivity contribution in [2.75, 3.05) is 19.7 Å². The summed E-state index contributed by atoms with van der Waals surface area (Å²) in [5, 5.41) is 7.79. The van der Waals surface area contributed by atoms with E-state index in [1.165, 1.54) is 0 Å². The number of hydrogen-bond acceptors (Lipinski definition) is 4. The monoisotopic (exact) mass is 356 g/mol. The summed E-state index contributed by atoms with van der Waals surface area (Å²) < 4.78 is 7.14. The number of nitrogens with two attached hydrogens (primary N) is 1. The molecule has 0 aliphatic carbocycles. The summed E-state index contributed by atoms with van der Waals surface area (Å²) in [6.45, 7) is 2.02. The number of hydrogen-bond donors (Lipinski definition) is 2. The van der Waals surface area contributed by atoms with Gasteiger partial charge < -0.3 is 15.8 Å². The Morgan fingerprint density at radius 1 is 1.39 bits per heavy atom. The molecule has 1 aromatic heterocycles. The van der Waals surface area contributed by atoms with Gasteiger partial charge in [0.05, 0.1) is 29.4 Å². The van der Waals surface area contributed by atoms with E-state index in [1.807, 2.05) is 0 Å². The molecular formula is C15H18Cl2N4O2. The molecule has 8 heteroatoms. The van der Waals surface area contributed by atoms with E-state index in [9.17, 15) is 4.79 Å². The molecule has 6 nitrogen and oxygen atoms in total. The summed E-state index contributed by atoms with van der Waals surface area (Å²) in [4.78, 5) is 12.1. The molecule has 0 saturated carbocycles. The minimum atomic E-state index is -0.210. The molecule has 0 atom stereocenters. The van der Waals surface area contributed by atoms with Crippen molar-refractivity contribution in [1.29, 1.82) is 0 Å². The van der Waals surface area contributed by atoms with Crippen LogP contribution < -0.4 is 15.8 Å². The summed E-state index contributed by atoms with van der Waals surface area (Å²) in [7, 11) is 0. The molecule has 0 radical (unpaired) electrons. The molecular weight excluding hydrogens is 339 g/mol. The lowest BCUT2D eigenvalue weighted by Gasteiger charge is -2.09. The van der Waals surface area contributed by atoms with Gasteiger partial charge in [-0.05, 0) is 31.2 Å². The Balaban J connectivity index is 1.85. The summed E-state index contributed by atoms with van der Waals surface area (Å²) in [6.07, 6.45) is 3.99. The first-order chi connectivity index (χ1) is 11.1. The molecule has 124 valence electrons. The maximum Gasteiger partial charge on any atom is 0.251 e. The van der Waals surface area contributed by atoms with Crippen LogP contribution in [0.2, 0.25) is 10.0 Å². The van der Waals surface area contributed by atoms with Gasteiger partial charge in [-0.25, -0.2) is 0 Å². The second kappa shape index (κ2) is 8.76. The van der Waals surface area contributed by atoms with Crippen molar-refractivity contribution in [3.05, 3.63) is 46.2 Å². The van der Waals surface area contributed by atoms with Gasteiger partial charge in [0.25, 0.3) is 5.91 Å². The number of ether oxygens (including phenoxy) is 1. The van der Waals surface area contributed by atoms with E-state index in [4.69, 9.17) is 33.7 Å². The molecule has 1 aromatic carbocycles. The van der Waals surface area contributed by atoms with E-state index < -0.39 is 0 Å². The third-order valence-electron chi connectivity index (χ3n) is 3.03. The summed E-state index contributed by atoms with van der Waals surface area (Å²) >= 11 is 11.9. The van der Waals surface area contributed by atoms with E-state index in [2.05, 4.69) is 10.4 Å². The van der Waals surface area contributed by atoms with Crippen molar-refractivity contribution in [3.63, 3.8) is 0 Å². The molecule has 1 amide bonds. The number of amides is 1. The number of nitrogens with zero attached hydrogens (tertiary/aromatic N) is 2. The molecule has 0 fully saturated rings. The van der Waals surface area contributed by atoms with E-state index in [0.717, 1.165) is 6.42 Å². The highest BCUT2D eigenvalue weighted by atomic mass is 35.5. The van der Waals surface area contributed by atoms with E-state index in [0.29, 0.717) is 47.6 Å². The fourth-order valence-corrected chi connectivity index (χ4v) is 2.26. The largest absolute Gasteiger partial charge is 0.492 e. The van der Waals surface area contributed by atoms with Gasteiger partial charge in [-0.1, -0.05) is 23.2 Å². The number of nitrogens with one attached hydrogen (secondary N) is 1. The third-order valence-corrected chi connectivity index (χ3v) is 3.52. The van der Waals surface area contributed by atoms with Gasteiger partial charge in [0.2, 0.25) is 0 Å². The van der Waals surface area contributed by atoms with Crippen molar-refractivity contribution in [2.45, 2.75) is 13.0 Å². The molecule has 2 aromatic rings. The van der Waals surface area contributed by atoms with Crippen LogP contribution >= 0.6 is 23.2 Å². The first-order valence-electron chi connectivity index (χ1n) is 7.18. The van der Waals surface area contributed by atoms with Crippen molar-refractivity contribution < 1.29 is 9.53 Å². The standard InChI is InChI=1S/C15H18Cl2N4O2/c16-12-9-20-21(10-12)6-5-19-15(22)11-2-3-14(13(17)8-11)23-7-1-4-18/h2-3,8-10H,1,4-7,18H2,(H,19,22). The van der Waals surface area contributed by atoms with Crippen LogP contribution in [0.15, 0.2) is 30.6 Å². The molecule has 0 unspecified atom stereocenters. The van der Waals surface area contributed by atoms with Crippen molar-refractivity contribution in [2.24, 2.45) is 5.73 Å². The number of carbonyl (C=O) groups is 1. The summed E-state index contributed by atoms with van der Waals surface area (Å²) in [6, 6.07) is 4.93. The number of benzene rings is 1. The first kappa shape index (κ1) is 17.6. The van der Waals surface area contributed by atoms with E-state index >= 15 is 0 Å². The molecule has 0 saturated heterocycles. The first-order valence-corrected chi connectivity index (χ1v) is 7.94. The Bertz CT molecular complexity index is 661. The van der Waals surface area contributed by atoms with E-state index in [-0.39, 0.29) is 5.91 Å². The van der Waals surface area contributed by atoms with Crippen LogP contribution in [0.4, 0.5) is 0 Å². The van der Waals surface area contributed by atoms with Crippen molar-refractivity contribution in [3.8, 4) is 5.75 Å². The third kappa shape index (κ3) is 5.42. The smallest absolute Gasteiger partial charge is 0.251 e. The molecule has 23 heavy (non-hydrogen) atoms. The molecule has 1 heterocycles. The van der Waals surface area contributed by atoms with Gasteiger partial charge in [0, 0.05) is 18.3 Å². The second-order valence-electron chi connectivity index (χ2n) is 4.81. The number of aromatic nitrogens is 2. The van der Waals surface area contributed by atoms with Crippen molar-refractivity contribution in [1.82, 2.24) is 15.1 Å². The van der Waals surface area contributed by atoms with Gasteiger partial charge in [0.15, 0.2) is 0 Å². The normalized spacial score (nSPS) is 10.6. The number of halogens is 2. The Morgan fingerprint density at radius 2 is 2.22 bits per heavy atom. The van der Waals surface area contributed by atoms with Crippen LogP contribution in [0.3, 0.4) is 0 Å². The lowest BCUT2D eigenvalue weighted by Crippen LogP contribution is -2.27. The summed E-state index contributed by atoms with van der Waals surface area (Å²) in [5.74, 6) is 0.335. The van der Waals surface area contributed by atoms with Crippen LogP contribution in [0.25, 0.3) is 0 Å². The minimum Gasteiger partial charge on any atom is -0.492 e. The highest BCUT2D eigenvalue weighted by Gasteiger charge is 2.09. The number of rotatable bonds is 8. The average molecular weight is 357 g/mol. The predicted molar refractivity (Wildman–Crippen MR) is 90.2 cm³/mol. The zero-order chi connectivity index (χ0) is 16.7. The zero-order valence-corrected chi connectivity index (χ0v) is 14.0. The highest BCUT2D eigenvalue weighted by Crippen LogP contribution is 2.25. The van der Waals surface area contributed by atoms with Crippen LogP contribution in [-0.4, -0.2) is 35.4 Å². The van der Waals surface area contributed by atoms with Crippen molar-refractivity contribution >= 4 is 29.1 Å². The lowest BCUT2D eigenvalue weighted by molar-refractivity contribution is 0.0952. The Morgan fingerprint density at radius 3 is 2.87 bits per heavy atom. The van der Waals surface area contributed by atoms with Crippen LogP contribution in [0.1, 0.15) is 16.8 Å². The molecule has 0 aliphatic heterocycles. The van der Waals surface area contributed by atoms with Crippen LogP contribution in [0, 0.1) is 0 Å². The SMILES string of the molecule is NCCCOc1ccc(C(=O)NCCn2cc(Cl)cn2)cc1Cl. The Kier molecular flexibility index (Phi) is 6.70. The minimum absolute atomic E-state index is 0.210. The zero-order valence-electron chi connectivity index (χ0n) is 12.5. The van der Waals surface area contributed by atoms with Gasteiger partial charge in [-0.3, -0.25) is 9.48 Å². The van der Waals surface area contributed by atoms with Crippen LogP contribution in [0.5, 0.6) is 5.75 Å². The molecule has 0 bridgehead atoms. The van der Waals surface area contributed by atoms with E-state index in [1.54, 1.807) is 35.3 Å². The Hall–Kier alpha value is -1.76. The number of carbonyl (C=O) groups excluding carboxylic acids is 1. The Labute approximate surface area is 144 Å². The fraction of sp³-hybridized carbons (Fsp3) is 0.333. The quantitative estimate of drug-likeness (QED) is 0.711. The van der Waals surface area contributed by atoms with Gasteiger partial charge in [-0.2, -0.15) is 5.10 Å².